The predicted molar refractivity (Wildman–Crippen MR) is 58.8 cm³/mol. The molecule has 0 aliphatic heterocycles. The number of anilines is 1. The second-order valence-electron chi connectivity index (χ2n) is 3.53. The van der Waals surface area contributed by atoms with E-state index in [0.29, 0.717) is 0 Å². The number of hydrogen-bond donors (Lipinski definition) is 4. The van der Waals surface area contributed by atoms with Crippen LogP contribution in [0.4, 0.5) is 5.82 Å². The highest BCUT2D eigenvalue weighted by Crippen LogP contribution is 2.09. The van der Waals surface area contributed by atoms with E-state index in [4.69, 9.17) is 15.9 Å². The first-order valence-corrected chi connectivity index (χ1v) is 4.86. The Kier molecular flexibility index (Phi) is 3.87. The Hall–Kier alpha value is -2.58. The number of carbonyl (C=O) groups excluding carboxylic acids is 1. The Morgan fingerprint density at radius 1 is 1.50 bits per heavy atom. The van der Waals surface area contributed by atoms with Gasteiger partial charge in [0.1, 0.15) is 17.4 Å². The van der Waals surface area contributed by atoms with Crippen LogP contribution in [0.2, 0.25) is 0 Å². The smallest absolute Gasteiger partial charge is 0.326 e. The quantitative estimate of drug-likeness (QED) is 0.509. The van der Waals surface area contributed by atoms with Gasteiger partial charge in [-0.15, -0.1) is 0 Å². The lowest BCUT2D eigenvalue weighted by Gasteiger charge is -2.11. The SMILES string of the molecule is Cn1ncc(C(=O)NC(CC(=O)O)C(=O)O)c1N. The molecule has 1 aromatic rings. The number of hydrogen-bond acceptors (Lipinski definition) is 5. The minimum atomic E-state index is -1.52. The van der Waals surface area contributed by atoms with Crippen LogP contribution in [0.3, 0.4) is 0 Å². The molecule has 1 rings (SSSR count). The predicted octanol–water partition coefficient (Wildman–Crippen LogP) is -1.34. The van der Waals surface area contributed by atoms with Crippen molar-refractivity contribution in [1.82, 2.24) is 15.1 Å². The van der Waals surface area contributed by atoms with E-state index in [1.54, 1.807) is 0 Å². The number of aliphatic carboxylic acids is 2. The van der Waals surface area contributed by atoms with E-state index in [1.807, 2.05) is 0 Å². The third-order valence-electron chi connectivity index (χ3n) is 2.21. The number of aromatic nitrogens is 2. The summed E-state index contributed by atoms with van der Waals surface area (Å²) in [6, 6.07) is -1.52. The highest BCUT2D eigenvalue weighted by molar-refractivity contribution is 6.00. The van der Waals surface area contributed by atoms with Gasteiger partial charge in [0.15, 0.2) is 0 Å². The lowest BCUT2D eigenvalue weighted by molar-refractivity contribution is -0.145. The van der Waals surface area contributed by atoms with Gasteiger partial charge in [-0.3, -0.25) is 14.3 Å². The Bertz CT molecular complexity index is 495. The van der Waals surface area contributed by atoms with Crippen LogP contribution in [-0.4, -0.2) is 43.9 Å². The second kappa shape index (κ2) is 5.17. The molecular formula is C9H12N4O5. The van der Waals surface area contributed by atoms with Crippen molar-refractivity contribution in [2.45, 2.75) is 12.5 Å². The molecule has 0 fully saturated rings. The normalized spacial score (nSPS) is 11.8. The van der Waals surface area contributed by atoms with Crippen LogP contribution in [-0.2, 0) is 16.6 Å². The Morgan fingerprint density at radius 3 is 2.50 bits per heavy atom. The Labute approximate surface area is 101 Å². The molecule has 98 valence electrons. The molecule has 0 radical (unpaired) electrons. The molecular weight excluding hydrogens is 244 g/mol. The lowest BCUT2D eigenvalue weighted by Crippen LogP contribution is -2.42. The van der Waals surface area contributed by atoms with Gasteiger partial charge in [0, 0.05) is 7.05 Å². The van der Waals surface area contributed by atoms with Crippen LogP contribution < -0.4 is 11.1 Å². The number of nitrogens with zero attached hydrogens (tertiary/aromatic N) is 2. The summed E-state index contributed by atoms with van der Waals surface area (Å²) in [5.74, 6) is -3.49. The number of nitrogen functional groups attached to an aromatic ring is 1. The van der Waals surface area contributed by atoms with Gasteiger partial charge in [0.25, 0.3) is 5.91 Å². The number of nitrogens with one attached hydrogen (secondary N) is 1. The number of rotatable bonds is 5. The molecule has 1 aromatic heterocycles. The number of aryl methyl sites for hydroxylation is 1. The number of nitrogens with two attached hydrogens (primary N) is 1. The highest BCUT2D eigenvalue weighted by Gasteiger charge is 2.25. The molecule has 9 heteroatoms. The molecule has 0 saturated heterocycles. The summed E-state index contributed by atoms with van der Waals surface area (Å²) < 4.78 is 1.24. The van der Waals surface area contributed by atoms with Gasteiger partial charge in [-0.05, 0) is 0 Å². The van der Waals surface area contributed by atoms with E-state index >= 15 is 0 Å². The summed E-state index contributed by atoms with van der Waals surface area (Å²) in [5, 5.41) is 23.1. The van der Waals surface area contributed by atoms with Gasteiger partial charge in [-0.1, -0.05) is 0 Å². The van der Waals surface area contributed by atoms with Crippen molar-refractivity contribution in [3.8, 4) is 0 Å². The molecule has 1 heterocycles. The minimum Gasteiger partial charge on any atom is -0.481 e. The zero-order valence-corrected chi connectivity index (χ0v) is 9.45. The van der Waals surface area contributed by atoms with E-state index in [1.165, 1.54) is 17.9 Å². The fourth-order valence-electron chi connectivity index (χ4n) is 1.23. The van der Waals surface area contributed by atoms with Crippen molar-refractivity contribution in [2.75, 3.05) is 5.73 Å². The van der Waals surface area contributed by atoms with Crippen molar-refractivity contribution < 1.29 is 24.6 Å². The number of carbonyl (C=O) groups is 3. The maximum Gasteiger partial charge on any atom is 0.326 e. The number of carboxylic acid groups (broad SMARTS) is 2. The molecule has 1 unspecified atom stereocenters. The monoisotopic (exact) mass is 256 g/mol. The van der Waals surface area contributed by atoms with Crippen LogP contribution in [0.5, 0.6) is 0 Å². The van der Waals surface area contributed by atoms with Gasteiger partial charge in [0.2, 0.25) is 0 Å². The first kappa shape index (κ1) is 13.5. The summed E-state index contributed by atoms with van der Waals surface area (Å²) in [6.45, 7) is 0. The lowest BCUT2D eigenvalue weighted by atomic mass is 10.2. The van der Waals surface area contributed by atoms with Gasteiger partial charge >= 0.3 is 11.9 Å². The summed E-state index contributed by atoms with van der Waals surface area (Å²) in [4.78, 5) is 32.9. The maximum atomic E-state index is 11.7. The van der Waals surface area contributed by atoms with Crippen LogP contribution in [0.15, 0.2) is 6.20 Å². The van der Waals surface area contributed by atoms with Crippen molar-refractivity contribution in [3.05, 3.63) is 11.8 Å². The van der Waals surface area contributed by atoms with Crippen LogP contribution in [0.1, 0.15) is 16.8 Å². The molecule has 1 atom stereocenters. The summed E-state index contributed by atoms with van der Waals surface area (Å²) >= 11 is 0. The van der Waals surface area contributed by atoms with Crippen molar-refractivity contribution in [2.24, 2.45) is 7.05 Å². The van der Waals surface area contributed by atoms with E-state index in [9.17, 15) is 14.4 Å². The van der Waals surface area contributed by atoms with E-state index in [-0.39, 0.29) is 11.4 Å². The van der Waals surface area contributed by atoms with Gasteiger partial charge < -0.3 is 21.3 Å². The Morgan fingerprint density at radius 2 is 2.11 bits per heavy atom. The average Bonchev–Trinajstić information content (AvgIpc) is 2.58. The molecule has 0 aliphatic rings. The fraction of sp³-hybridized carbons (Fsp3) is 0.333. The molecule has 9 nitrogen and oxygen atoms in total. The van der Waals surface area contributed by atoms with E-state index in [2.05, 4.69) is 10.4 Å². The molecule has 18 heavy (non-hydrogen) atoms. The maximum absolute atomic E-state index is 11.7. The number of carboxylic acids is 2. The molecule has 0 saturated carbocycles. The first-order chi connectivity index (χ1) is 8.32. The topological polar surface area (TPSA) is 148 Å². The largest absolute Gasteiger partial charge is 0.481 e. The zero-order chi connectivity index (χ0) is 13.9. The fourth-order valence-corrected chi connectivity index (χ4v) is 1.23. The average molecular weight is 256 g/mol. The third-order valence-corrected chi connectivity index (χ3v) is 2.21. The summed E-state index contributed by atoms with van der Waals surface area (Å²) in [7, 11) is 1.51. The second-order valence-corrected chi connectivity index (χ2v) is 3.53. The van der Waals surface area contributed by atoms with E-state index in [0.717, 1.165) is 0 Å². The highest BCUT2D eigenvalue weighted by atomic mass is 16.4. The molecule has 0 aliphatic carbocycles. The molecule has 0 aromatic carbocycles. The number of amides is 1. The Balaban J connectivity index is 2.82. The van der Waals surface area contributed by atoms with Gasteiger partial charge in [-0.2, -0.15) is 5.10 Å². The summed E-state index contributed by atoms with van der Waals surface area (Å²) in [6.07, 6.45) is 0.450. The van der Waals surface area contributed by atoms with Crippen molar-refractivity contribution >= 4 is 23.7 Å². The van der Waals surface area contributed by atoms with Crippen molar-refractivity contribution in [1.29, 1.82) is 0 Å². The minimum absolute atomic E-state index is 0.00543. The van der Waals surface area contributed by atoms with Gasteiger partial charge in [0.05, 0.1) is 12.6 Å². The van der Waals surface area contributed by atoms with Crippen LogP contribution in [0, 0.1) is 0 Å². The van der Waals surface area contributed by atoms with Crippen molar-refractivity contribution in [3.63, 3.8) is 0 Å². The molecule has 0 bridgehead atoms. The standard InChI is InChI=1S/C9H12N4O5/c1-13-7(10)4(3-11-13)8(16)12-5(9(17)18)2-6(14)15/h3,5H,2,10H2,1H3,(H,12,16)(H,14,15)(H,17,18). The molecule has 5 N–H and O–H groups in total. The van der Waals surface area contributed by atoms with Gasteiger partial charge in [-0.25, -0.2) is 4.79 Å². The van der Waals surface area contributed by atoms with Crippen LogP contribution >= 0.6 is 0 Å². The van der Waals surface area contributed by atoms with E-state index < -0.39 is 30.3 Å². The first-order valence-electron chi connectivity index (χ1n) is 4.86. The molecule has 1 amide bonds. The van der Waals surface area contributed by atoms with Crippen LogP contribution in [0.25, 0.3) is 0 Å². The molecule has 0 spiro atoms. The summed E-state index contributed by atoms with van der Waals surface area (Å²) in [5.41, 5.74) is 5.53. The zero-order valence-electron chi connectivity index (χ0n) is 9.45. The third kappa shape index (κ3) is 2.97.